The fourth-order valence-electron chi connectivity index (χ4n) is 1.86. The van der Waals surface area contributed by atoms with Crippen LogP contribution in [0.3, 0.4) is 0 Å². The lowest BCUT2D eigenvalue weighted by atomic mass is 10.0. The monoisotopic (exact) mass is 285 g/mol. The van der Waals surface area contributed by atoms with Gasteiger partial charge in [0, 0.05) is 12.4 Å². The molecule has 0 aliphatic rings. The summed E-state index contributed by atoms with van der Waals surface area (Å²) < 4.78 is 9.79. The summed E-state index contributed by atoms with van der Waals surface area (Å²) in [5.41, 5.74) is 1.72. The SMILES string of the molecule is COC(=O)/C(=C/c1ccc(OC)c(O)c1)c1ccncc1. The van der Waals surface area contributed by atoms with E-state index in [1.165, 1.54) is 20.3 Å². The minimum absolute atomic E-state index is 0.00481. The van der Waals surface area contributed by atoms with Gasteiger partial charge in [-0.2, -0.15) is 0 Å². The largest absolute Gasteiger partial charge is 0.504 e. The molecule has 0 radical (unpaired) electrons. The first-order valence-electron chi connectivity index (χ1n) is 6.23. The number of esters is 1. The summed E-state index contributed by atoms with van der Waals surface area (Å²) in [6.07, 6.45) is 4.83. The Balaban J connectivity index is 2.46. The molecular weight excluding hydrogens is 270 g/mol. The van der Waals surface area contributed by atoms with Crippen LogP contribution < -0.4 is 4.74 Å². The van der Waals surface area contributed by atoms with Crippen LogP contribution in [0, 0.1) is 0 Å². The van der Waals surface area contributed by atoms with Crippen molar-refractivity contribution in [1.82, 2.24) is 4.98 Å². The van der Waals surface area contributed by atoms with Crippen LogP contribution in [-0.2, 0) is 9.53 Å². The molecule has 0 bridgehead atoms. The van der Waals surface area contributed by atoms with E-state index in [2.05, 4.69) is 4.98 Å². The number of hydrogen-bond acceptors (Lipinski definition) is 5. The Kier molecular flexibility index (Phi) is 4.56. The number of benzene rings is 1. The Hall–Kier alpha value is -2.82. The van der Waals surface area contributed by atoms with E-state index in [0.29, 0.717) is 22.4 Å². The number of carbonyl (C=O) groups is 1. The zero-order valence-electron chi connectivity index (χ0n) is 11.7. The Morgan fingerprint density at radius 3 is 2.48 bits per heavy atom. The van der Waals surface area contributed by atoms with Crippen LogP contribution in [-0.4, -0.2) is 30.3 Å². The van der Waals surface area contributed by atoms with Crippen LogP contribution in [0.1, 0.15) is 11.1 Å². The summed E-state index contributed by atoms with van der Waals surface area (Å²) in [4.78, 5) is 15.8. The van der Waals surface area contributed by atoms with E-state index in [1.54, 1.807) is 42.7 Å². The van der Waals surface area contributed by atoms with Crippen molar-refractivity contribution in [3.63, 3.8) is 0 Å². The molecule has 0 aliphatic heterocycles. The highest BCUT2D eigenvalue weighted by molar-refractivity contribution is 6.21. The van der Waals surface area contributed by atoms with Crippen LogP contribution in [0.15, 0.2) is 42.7 Å². The van der Waals surface area contributed by atoms with Crippen molar-refractivity contribution in [3.8, 4) is 11.5 Å². The third-order valence-corrected chi connectivity index (χ3v) is 2.91. The molecule has 2 rings (SSSR count). The molecule has 21 heavy (non-hydrogen) atoms. The van der Waals surface area contributed by atoms with Crippen LogP contribution in [0.2, 0.25) is 0 Å². The van der Waals surface area contributed by atoms with Gasteiger partial charge in [-0.1, -0.05) is 6.07 Å². The number of pyridine rings is 1. The number of nitrogens with zero attached hydrogens (tertiary/aromatic N) is 1. The number of carbonyl (C=O) groups excluding carboxylic acids is 1. The summed E-state index contributed by atoms with van der Waals surface area (Å²) >= 11 is 0. The first kappa shape index (κ1) is 14.6. The van der Waals surface area contributed by atoms with Gasteiger partial charge in [0.05, 0.1) is 19.8 Å². The van der Waals surface area contributed by atoms with Gasteiger partial charge in [-0.05, 0) is 41.5 Å². The molecule has 0 unspecified atom stereocenters. The summed E-state index contributed by atoms with van der Waals surface area (Å²) in [5.74, 6) is -0.0858. The summed E-state index contributed by atoms with van der Waals surface area (Å²) in [5, 5.41) is 9.79. The molecule has 1 N–H and O–H groups in total. The van der Waals surface area contributed by atoms with Gasteiger partial charge in [-0.25, -0.2) is 4.79 Å². The highest BCUT2D eigenvalue weighted by atomic mass is 16.5. The molecule has 0 saturated heterocycles. The second-order valence-corrected chi connectivity index (χ2v) is 4.22. The minimum Gasteiger partial charge on any atom is -0.504 e. The van der Waals surface area contributed by atoms with Crippen molar-refractivity contribution >= 4 is 17.6 Å². The van der Waals surface area contributed by atoms with E-state index in [9.17, 15) is 9.90 Å². The maximum Gasteiger partial charge on any atom is 0.338 e. The Morgan fingerprint density at radius 1 is 1.19 bits per heavy atom. The first-order valence-corrected chi connectivity index (χ1v) is 6.23. The maximum atomic E-state index is 11.9. The van der Waals surface area contributed by atoms with E-state index >= 15 is 0 Å². The first-order chi connectivity index (χ1) is 10.2. The molecule has 5 nitrogen and oxygen atoms in total. The Labute approximate surface area is 122 Å². The second-order valence-electron chi connectivity index (χ2n) is 4.22. The number of phenolic OH excluding ortho intramolecular Hbond substituents is 1. The standard InChI is InChI=1S/C16H15NO4/c1-20-15-4-3-11(10-14(15)18)9-13(16(19)21-2)12-5-7-17-8-6-12/h3-10,18H,1-2H3/b13-9+. The number of methoxy groups -OCH3 is 2. The average Bonchev–Trinajstić information content (AvgIpc) is 2.53. The van der Waals surface area contributed by atoms with Crippen LogP contribution >= 0.6 is 0 Å². The van der Waals surface area contributed by atoms with Crippen molar-refractivity contribution in [2.45, 2.75) is 0 Å². The molecule has 0 atom stereocenters. The van der Waals surface area contributed by atoms with E-state index < -0.39 is 5.97 Å². The number of ether oxygens (including phenoxy) is 2. The number of aromatic nitrogens is 1. The van der Waals surface area contributed by atoms with E-state index in [4.69, 9.17) is 9.47 Å². The Morgan fingerprint density at radius 2 is 1.90 bits per heavy atom. The number of rotatable bonds is 4. The maximum absolute atomic E-state index is 11.9. The zero-order chi connectivity index (χ0) is 15.2. The topological polar surface area (TPSA) is 68.7 Å². The van der Waals surface area contributed by atoms with Gasteiger partial charge in [-0.3, -0.25) is 4.98 Å². The summed E-state index contributed by atoms with van der Waals surface area (Å²) in [7, 11) is 2.80. The third-order valence-electron chi connectivity index (χ3n) is 2.91. The predicted octanol–water partition coefficient (Wildman–Crippen LogP) is 2.51. The van der Waals surface area contributed by atoms with Gasteiger partial charge in [0.15, 0.2) is 11.5 Å². The fraction of sp³-hybridized carbons (Fsp3) is 0.125. The quantitative estimate of drug-likeness (QED) is 0.690. The molecule has 0 spiro atoms. The van der Waals surface area contributed by atoms with Gasteiger partial charge in [0.2, 0.25) is 0 Å². The van der Waals surface area contributed by atoms with Crippen molar-refractivity contribution < 1.29 is 19.4 Å². The molecule has 0 aliphatic carbocycles. The number of hydrogen-bond donors (Lipinski definition) is 1. The van der Waals surface area contributed by atoms with Crippen molar-refractivity contribution in [2.24, 2.45) is 0 Å². The molecule has 2 aromatic rings. The molecule has 0 fully saturated rings. The van der Waals surface area contributed by atoms with E-state index in [1.807, 2.05) is 0 Å². The lowest BCUT2D eigenvalue weighted by Gasteiger charge is -2.07. The van der Waals surface area contributed by atoms with Gasteiger partial charge in [0.1, 0.15) is 0 Å². The molecule has 108 valence electrons. The summed E-state index contributed by atoms with van der Waals surface area (Å²) in [6.45, 7) is 0. The van der Waals surface area contributed by atoms with Crippen LogP contribution in [0.4, 0.5) is 0 Å². The molecule has 1 heterocycles. The zero-order valence-corrected chi connectivity index (χ0v) is 11.7. The summed E-state index contributed by atoms with van der Waals surface area (Å²) in [6, 6.07) is 8.31. The van der Waals surface area contributed by atoms with Gasteiger partial charge < -0.3 is 14.6 Å². The van der Waals surface area contributed by atoms with Crippen LogP contribution in [0.25, 0.3) is 11.6 Å². The van der Waals surface area contributed by atoms with Crippen LogP contribution in [0.5, 0.6) is 11.5 Å². The smallest absolute Gasteiger partial charge is 0.338 e. The van der Waals surface area contributed by atoms with E-state index in [-0.39, 0.29) is 5.75 Å². The normalized spacial score (nSPS) is 11.0. The molecule has 1 aromatic heterocycles. The molecule has 0 amide bonds. The molecule has 1 aromatic carbocycles. The third kappa shape index (κ3) is 3.39. The fourth-order valence-corrected chi connectivity index (χ4v) is 1.86. The van der Waals surface area contributed by atoms with Gasteiger partial charge in [-0.15, -0.1) is 0 Å². The second kappa shape index (κ2) is 6.56. The minimum atomic E-state index is -0.462. The molecular formula is C16H15NO4. The predicted molar refractivity (Wildman–Crippen MR) is 78.8 cm³/mol. The lowest BCUT2D eigenvalue weighted by molar-refractivity contribution is -0.133. The van der Waals surface area contributed by atoms with Gasteiger partial charge >= 0.3 is 5.97 Å². The van der Waals surface area contributed by atoms with Crippen molar-refractivity contribution in [1.29, 1.82) is 0 Å². The van der Waals surface area contributed by atoms with Crippen molar-refractivity contribution in [3.05, 3.63) is 53.9 Å². The molecule has 0 saturated carbocycles. The van der Waals surface area contributed by atoms with E-state index in [0.717, 1.165) is 0 Å². The highest BCUT2D eigenvalue weighted by Crippen LogP contribution is 2.28. The molecule has 5 heteroatoms. The highest BCUT2D eigenvalue weighted by Gasteiger charge is 2.13. The van der Waals surface area contributed by atoms with Crippen molar-refractivity contribution in [2.75, 3.05) is 14.2 Å². The number of phenols is 1. The lowest BCUT2D eigenvalue weighted by Crippen LogP contribution is -2.03. The average molecular weight is 285 g/mol. The number of aromatic hydroxyl groups is 1. The Bertz CT molecular complexity index is 665. The van der Waals surface area contributed by atoms with Gasteiger partial charge in [0.25, 0.3) is 0 Å².